The molecule has 1 aliphatic heterocycles. The molecule has 0 saturated heterocycles. The maximum Gasteiger partial charge on any atom is 0.229 e. The molecule has 0 aromatic carbocycles. The van der Waals surface area contributed by atoms with Gasteiger partial charge < -0.3 is 15.5 Å². The van der Waals surface area contributed by atoms with E-state index in [2.05, 4.69) is 30.6 Å². The van der Waals surface area contributed by atoms with Gasteiger partial charge in [0.15, 0.2) is 10.9 Å². The van der Waals surface area contributed by atoms with Crippen molar-refractivity contribution in [2.24, 2.45) is 0 Å². The molecule has 8 nitrogen and oxygen atoms in total. The van der Waals surface area contributed by atoms with E-state index in [1.807, 2.05) is 19.1 Å². The molecule has 1 saturated carbocycles. The van der Waals surface area contributed by atoms with Crippen molar-refractivity contribution in [3.63, 3.8) is 0 Å². The molecule has 166 valence electrons. The van der Waals surface area contributed by atoms with E-state index in [0.29, 0.717) is 36.2 Å². The number of amides is 1. The summed E-state index contributed by atoms with van der Waals surface area (Å²) in [7, 11) is 0. The first kappa shape index (κ1) is 20.7. The summed E-state index contributed by atoms with van der Waals surface area (Å²) in [5.41, 5.74) is 2.94. The van der Waals surface area contributed by atoms with E-state index in [9.17, 15) is 9.18 Å². The lowest BCUT2D eigenvalue weighted by atomic mass is 10.1. The van der Waals surface area contributed by atoms with Gasteiger partial charge in [0.25, 0.3) is 0 Å². The fraction of sp³-hybridized carbons (Fsp3) is 0.409. The van der Waals surface area contributed by atoms with Crippen molar-refractivity contribution in [3.05, 3.63) is 41.1 Å². The first-order valence-corrected chi connectivity index (χ1v) is 11.6. The second-order valence-electron chi connectivity index (χ2n) is 8.20. The van der Waals surface area contributed by atoms with Crippen LogP contribution < -0.4 is 10.6 Å². The van der Waals surface area contributed by atoms with Gasteiger partial charge in [-0.1, -0.05) is 30.2 Å². The quantitative estimate of drug-likeness (QED) is 0.544. The first-order valence-electron chi connectivity index (χ1n) is 10.8. The molecule has 5 rings (SSSR count). The Balaban J connectivity index is 1.37. The smallest absolute Gasteiger partial charge is 0.229 e. The van der Waals surface area contributed by atoms with Gasteiger partial charge in [0.05, 0.1) is 16.8 Å². The molecule has 2 N–H and O–H groups in total. The third-order valence-electron chi connectivity index (χ3n) is 5.91. The number of fused-ring (bicyclic) bond motifs is 1. The third-order valence-corrected chi connectivity index (χ3v) is 7.00. The Morgan fingerprint density at radius 1 is 1.22 bits per heavy atom. The van der Waals surface area contributed by atoms with Crippen LogP contribution >= 0.6 is 11.3 Å². The fourth-order valence-corrected chi connectivity index (χ4v) is 5.26. The number of aryl methyl sites for hydroxylation is 1. The maximum absolute atomic E-state index is 14.6. The van der Waals surface area contributed by atoms with E-state index in [4.69, 9.17) is 0 Å². The molecule has 2 aliphatic rings. The molecule has 0 bridgehead atoms. The Morgan fingerprint density at radius 3 is 2.88 bits per heavy atom. The number of nitrogens with one attached hydrogen (secondary N) is 2. The molecule has 1 amide bonds. The van der Waals surface area contributed by atoms with Crippen molar-refractivity contribution >= 4 is 34.6 Å². The highest BCUT2D eigenvalue weighted by Crippen LogP contribution is 2.35. The summed E-state index contributed by atoms with van der Waals surface area (Å²) in [6.45, 7) is 3.07. The van der Waals surface area contributed by atoms with E-state index in [-0.39, 0.29) is 11.6 Å². The van der Waals surface area contributed by atoms with Crippen LogP contribution in [0.3, 0.4) is 0 Å². The van der Waals surface area contributed by atoms with Crippen molar-refractivity contribution in [2.75, 3.05) is 17.2 Å². The molecule has 32 heavy (non-hydrogen) atoms. The number of halogens is 1. The van der Waals surface area contributed by atoms with Crippen LogP contribution in [-0.4, -0.2) is 43.8 Å². The Hall–Kier alpha value is -3.14. The minimum Gasteiger partial charge on any atom is -0.359 e. The molecule has 1 aliphatic carbocycles. The lowest BCUT2D eigenvalue weighted by Crippen LogP contribution is -2.29. The van der Waals surface area contributed by atoms with Gasteiger partial charge in [0, 0.05) is 31.2 Å². The number of pyridine rings is 1. The van der Waals surface area contributed by atoms with Gasteiger partial charge in [-0.25, -0.2) is 24.3 Å². The van der Waals surface area contributed by atoms with Gasteiger partial charge in [-0.3, -0.25) is 4.79 Å². The topological polar surface area (TPSA) is 95.9 Å². The van der Waals surface area contributed by atoms with E-state index < -0.39 is 5.82 Å². The Bertz CT molecular complexity index is 1150. The maximum atomic E-state index is 14.6. The average Bonchev–Trinajstić information content (AvgIpc) is 3.44. The van der Waals surface area contributed by atoms with Crippen LogP contribution in [0.15, 0.2) is 18.3 Å². The van der Waals surface area contributed by atoms with Crippen molar-refractivity contribution in [3.8, 4) is 10.6 Å². The highest BCUT2D eigenvalue weighted by molar-refractivity contribution is 7.19. The SMILES string of the molecule is Cc1nc(NC2CCCC2)sc1-c1nc(Nc2ccc3c(n2)CCN(C=O)C3)ncc1F. The number of rotatable bonds is 6. The zero-order valence-corrected chi connectivity index (χ0v) is 18.6. The highest BCUT2D eigenvalue weighted by Gasteiger charge is 2.21. The summed E-state index contributed by atoms with van der Waals surface area (Å²) in [5.74, 6) is 0.379. The van der Waals surface area contributed by atoms with E-state index >= 15 is 0 Å². The Kier molecular flexibility index (Phi) is 5.69. The molecule has 10 heteroatoms. The lowest BCUT2D eigenvalue weighted by Gasteiger charge is -2.24. The van der Waals surface area contributed by atoms with E-state index in [0.717, 1.165) is 41.3 Å². The van der Waals surface area contributed by atoms with Crippen molar-refractivity contribution in [2.45, 2.75) is 51.6 Å². The Labute approximate surface area is 189 Å². The molecule has 1 fully saturated rings. The monoisotopic (exact) mass is 453 g/mol. The van der Waals surface area contributed by atoms with Crippen LogP contribution in [-0.2, 0) is 17.8 Å². The van der Waals surface area contributed by atoms with Crippen LogP contribution in [0.2, 0.25) is 0 Å². The molecule has 3 aromatic rings. The van der Waals surface area contributed by atoms with E-state index in [1.165, 1.54) is 30.4 Å². The Morgan fingerprint density at radius 2 is 2.06 bits per heavy atom. The number of nitrogens with zero attached hydrogens (tertiary/aromatic N) is 5. The van der Waals surface area contributed by atoms with Crippen molar-refractivity contribution < 1.29 is 9.18 Å². The molecular formula is C22H24FN7OS. The average molecular weight is 454 g/mol. The largest absolute Gasteiger partial charge is 0.359 e. The minimum atomic E-state index is -0.484. The fourth-order valence-electron chi connectivity index (χ4n) is 4.22. The standard InChI is InChI=1S/C22H24FN7OS/c1-13-20(32-22(25-13)26-15-4-2-3-5-15)19-16(23)10-24-21(29-19)28-18-7-6-14-11-30(12-31)9-8-17(14)27-18/h6-7,10,12,15H,2-5,8-9,11H2,1H3,(H,25,26)(H,24,27,28,29). The molecule has 3 aromatic heterocycles. The summed E-state index contributed by atoms with van der Waals surface area (Å²) in [4.78, 5) is 31.2. The number of carbonyl (C=O) groups excluding carboxylic acids is 1. The van der Waals surface area contributed by atoms with Crippen molar-refractivity contribution in [1.82, 2.24) is 24.8 Å². The zero-order chi connectivity index (χ0) is 22.1. The van der Waals surface area contributed by atoms with Crippen molar-refractivity contribution in [1.29, 1.82) is 0 Å². The van der Waals surface area contributed by atoms with Gasteiger partial charge >= 0.3 is 0 Å². The normalized spacial score (nSPS) is 16.1. The van der Waals surface area contributed by atoms with Crippen LogP contribution in [0.5, 0.6) is 0 Å². The van der Waals surface area contributed by atoms with Crippen LogP contribution in [0.4, 0.5) is 21.3 Å². The predicted octanol–water partition coefficient (Wildman–Crippen LogP) is 4.06. The van der Waals surface area contributed by atoms with Crippen LogP contribution in [0.1, 0.15) is 42.6 Å². The number of hydrogen-bond acceptors (Lipinski definition) is 8. The summed E-state index contributed by atoms with van der Waals surface area (Å²) < 4.78 is 14.6. The van der Waals surface area contributed by atoms with Crippen LogP contribution in [0, 0.1) is 12.7 Å². The molecular weight excluding hydrogens is 429 g/mol. The molecule has 0 spiro atoms. The molecule has 0 unspecified atom stereocenters. The third kappa shape index (κ3) is 4.27. The zero-order valence-electron chi connectivity index (χ0n) is 17.8. The molecule has 4 heterocycles. The number of aromatic nitrogens is 4. The number of thiazole rings is 1. The lowest BCUT2D eigenvalue weighted by molar-refractivity contribution is -0.118. The summed E-state index contributed by atoms with van der Waals surface area (Å²) in [6, 6.07) is 4.20. The second-order valence-corrected chi connectivity index (χ2v) is 9.20. The van der Waals surface area contributed by atoms with Gasteiger partial charge in [-0.2, -0.15) is 0 Å². The number of carbonyl (C=O) groups is 1. The summed E-state index contributed by atoms with van der Waals surface area (Å²) >= 11 is 1.42. The summed E-state index contributed by atoms with van der Waals surface area (Å²) in [6.07, 6.45) is 7.48. The van der Waals surface area contributed by atoms with Gasteiger partial charge in [0.1, 0.15) is 11.5 Å². The minimum absolute atomic E-state index is 0.233. The van der Waals surface area contributed by atoms with E-state index in [1.54, 1.807) is 4.90 Å². The predicted molar refractivity (Wildman–Crippen MR) is 121 cm³/mol. The van der Waals surface area contributed by atoms with Gasteiger partial charge in [0.2, 0.25) is 12.4 Å². The second kappa shape index (κ2) is 8.78. The molecule has 0 atom stereocenters. The van der Waals surface area contributed by atoms with Crippen LogP contribution in [0.25, 0.3) is 10.6 Å². The van der Waals surface area contributed by atoms with Gasteiger partial charge in [-0.05, 0) is 31.4 Å². The molecule has 0 radical (unpaired) electrons. The number of anilines is 3. The summed E-state index contributed by atoms with van der Waals surface area (Å²) in [5, 5.41) is 7.36. The van der Waals surface area contributed by atoms with Gasteiger partial charge in [-0.15, -0.1) is 0 Å². The highest BCUT2D eigenvalue weighted by atomic mass is 32.1. The number of hydrogen-bond donors (Lipinski definition) is 2. The first-order chi connectivity index (χ1) is 15.6.